The summed E-state index contributed by atoms with van der Waals surface area (Å²) in [6.07, 6.45) is 1.40. The van der Waals surface area contributed by atoms with E-state index in [4.69, 9.17) is 4.74 Å². The van der Waals surface area contributed by atoms with Crippen LogP contribution < -0.4 is 10.1 Å². The molecule has 30 heavy (non-hydrogen) atoms. The summed E-state index contributed by atoms with van der Waals surface area (Å²) in [7, 11) is 0. The van der Waals surface area contributed by atoms with E-state index in [0.717, 1.165) is 9.13 Å². The molecule has 0 unspecified atom stereocenters. The highest BCUT2D eigenvalue weighted by Crippen LogP contribution is 2.23. The molecule has 0 radical (unpaired) electrons. The Morgan fingerprint density at radius 3 is 2.47 bits per heavy atom. The average molecular weight is 508 g/mol. The van der Waals surface area contributed by atoms with Gasteiger partial charge in [0.15, 0.2) is 0 Å². The second-order valence-corrected chi connectivity index (χ2v) is 7.67. The molecule has 0 spiro atoms. The second kappa shape index (κ2) is 9.85. The normalized spacial score (nSPS) is 10.8. The minimum absolute atomic E-state index is 0.104. The number of ether oxygens (including phenoxy) is 1. The van der Waals surface area contributed by atoms with Crippen LogP contribution in [-0.2, 0) is 4.79 Å². The van der Waals surface area contributed by atoms with Crippen LogP contribution in [-0.4, -0.2) is 11.9 Å². The Morgan fingerprint density at radius 1 is 1.03 bits per heavy atom. The molecular formula is C24H17IN2O3. The summed E-state index contributed by atoms with van der Waals surface area (Å²) >= 11 is 2.14. The topological polar surface area (TPSA) is 79.2 Å². The lowest BCUT2D eigenvalue weighted by atomic mass is 10.1. The van der Waals surface area contributed by atoms with E-state index in [1.165, 1.54) is 6.08 Å². The molecule has 0 aliphatic carbocycles. The van der Waals surface area contributed by atoms with Crippen LogP contribution in [0.1, 0.15) is 21.5 Å². The summed E-state index contributed by atoms with van der Waals surface area (Å²) in [6, 6.07) is 22.9. The molecule has 5 nitrogen and oxygen atoms in total. The van der Waals surface area contributed by atoms with Gasteiger partial charge in [-0.2, -0.15) is 5.26 Å². The van der Waals surface area contributed by atoms with Crippen molar-refractivity contribution in [2.75, 3.05) is 5.32 Å². The largest absolute Gasteiger partial charge is 0.422 e. The van der Waals surface area contributed by atoms with Crippen LogP contribution in [0, 0.1) is 21.8 Å². The molecule has 6 heteroatoms. The first kappa shape index (κ1) is 21.3. The summed E-state index contributed by atoms with van der Waals surface area (Å²) in [5, 5.41) is 12.2. The van der Waals surface area contributed by atoms with Gasteiger partial charge in [-0.15, -0.1) is 0 Å². The molecule has 0 atom stereocenters. The van der Waals surface area contributed by atoms with Gasteiger partial charge in [0.2, 0.25) is 0 Å². The number of esters is 1. The lowest BCUT2D eigenvalue weighted by Gasteiger charge is -2.09. The summed E-state index contributed by atoms with van der Waals surface area (Å²) in [4.78, 5) is 25.0. The third-order valence-electron chi connectivity index (χ3n) is 4.16. The van der Waals surface area contributed by atoms with Crippen LogP contribution in [0.3, 0.4) is 0 Å². The maximum Gasteiger partial charge on any atom is 0.343 e. The number of nitrogens with zero attached hydrogens (tertiary/aromatic N) is 1. The summed E-state index contributed by atoms with van der Waals surface area (Å²) in [6.45, 7) is 1.93. The Morgan fingerprint density at radius 2 is 1.77 bits per heavy atom. The molecule has 0 saturated carbocycles. The lowest BCUT2D eigenvalue weighted by molar-refractivity contribution is -0.112. The van der Waals surface area contributed by atoms with Crippen LogP contribution in [0.2, 0.25) is 0 Å². The molecule has 3 rings (SSSR count). The zero-order valence-corrected chi connectivity index (χ0v) is 18.2. The molecule has 1 N–H and O–H groups in total. The van der Waals surface area contributed by atoms with E-state index < -0.39 is 11.9 Å². The molecule has 0 saturated heterocycles. The van der Waals surface area contributed by atoms with Gasteiger partial charge in [0.1, 0.15) is 17.4 Å². The number of nitriles is 1. The standard InChI is InChI=1S/C24H17IN2O3/c1-16-9-11-17(12-10-16)24(29)30-22-8-3-2-5-18(22)13-19(15-26)23(28)27-21-7-4-6-20(25)14-21/h2-14H,1H3,(H,27,28)/b19-13+. The number of nitrogens with one attached hydrogen (secondary N) is 1. The minimum atomic E-state index is -0.542. The average Bonchev–Trinajstić information content (AvgIpc) is 2.73. The van der Waals surface area contributed by atoms with Crippen molar-refractivity contribution < 1.29 is 14.3 Å². The van der Waals surface area contributed by atoms with Gasteiger partial charge in [0, 0.05) is 14.8 Å². The third-order valence-corrected chi connectivity index (χ3v) is 4.83. The summed E-state index contributed by atoms with van der Waals surface area (Å²) < 4.78 is 6.46. The molecule has 0 aliphatic rings. The van der Waals surface area contributed by atoms with Crippen molar-refractivity contribution in [3.63, 3.8) is 0 Å². The molecule has 0 fully saturated rings. The first-order valence-corrected chi connectivity index (χ1v) is 10.1. The Bertz CT molecular complexity index is 1160. The number of amides is 1. The SMILES string of the molecule is Cc1ccc(C(=O)Oc2ccccc2/C=C(\C#N)C(=O)Nc2cccc(I)c2)cc1. The number of para-hydroxylation sites is 1. The van der Waals surface area contributed by atoms with Gasteiger partial charge in [-0.25, -0.2) is 4.79 Å². The number of aryl methyl sites for hydroxylation is 1. The van der Waals surface area contributed by atoms with Gasteiger partial charge in [0.05, 0.1) is 5.56 Å². The zero-order chi connectivity index (χ0) is 21.5. The Kier molecular flexibility index (Phi) is 6.99. The van der Waals surface area contributed by atoms with Crippen molar-refractivity contribution in [1.82, 2.24) is 0 Å². The Hall–Kier alpha value is -3.44. The third kappa shape index (κ3) is 5.55. The van der Waals surface area contributed by atoms with Gasteiger partial charge in [-0.1, -0.05) is 42.0 Å². The van der Waals surface area contributed by atoms with E-state index in [1.54, 1.807) is 48.5 Å². The zero-order valence-electron chi connectivity index (χ0n) is 16.1. The quantitative estimate of drug-likeness (QED) is 0.165. The number of rotatable bonds is 5. The molecule has 148 valence electrons. The van der Waals surface area contributed by atoms with Crippen molar-refractivity contribution in [2.24, 2.45) is 0 Å². The van der Waals surface area contributed by atoms with E-state index in [2.05, 4.69) is 27.9 Å². The first-order valence-electron chi connectivity index (χ1n) is 9.03. The number of anilines is 1. The fourth-order valence-corrected chi connectivity index (χ4v) is 3.15. The van der Waals surface area contributed by atoms with Gasteiger partial charge >= 0.3 is 5.97 Å². The van der Waals surface area contributed by atoms with Crippen molar-refractivity contribution in [3.05, 3.63) is 98.6 Å². The summed E-state index contributed by atoms with van der Waals surface area (Å²) in [5.74, 6) is -0.797. The fraction of sp³-hybridized carbons (Fsp3) is 0.0417. The van der Waals surface area contributed by atoms with E-state index in [1.807, 2.05) is 37.3 Å². The van der Waals surface area contributed by atoms with Crippen molar-refractivity contribution in [1.29, 1.82) is 5.26 Å². The number of halogens is 1. The minimum Gasteiger partial charge on any atom is -0.422 e. The van der Waals surface area contributed by atoms with Crippen LogP contribution in [0.4, 0.5) is 5.69 Å². The van der Waals surface area contributed by atoms with Gasteiger partial charge in [-0.3, -0.25) is 4.79 Å². The maximum absolute atomic E-state index is 12.5. The van der Waals surface area contributed by atoms with Gasteiger partial charge in [0.25, 0.3) is 5.91 Å². The molecule has 3 aromatic carbocycles. The van der Waals surface area contributed by atoms with E-state index in [9.17, 15) is 14.9 Å². The highest BCUT2D eigenvalue weighted by Gasteiger charge is 2.14. The Balaban J connectivity index is 1.83. The van der Waals surface area contributed by atoms with Gasteiger partial charge < -0.3 is 10.1 Å². The van der Waals surface area contributed by atoms with Crippen molar-refractivity contribution >= 4 is 46.2 Å². The number of benzene rings is 3. The molecule has 3 aromatic rings. The molecule has 1 amide bonds. The lowest BCUT2D eigenvalue weighted by Crippen LogP contribution is -2.14. The monoisotopic (exact) mass is 508 g/mol. The smallest absolute Gasteiger partial charge is 0.343 e. The highest BCUT2D eigenvalue weighted by atomic mass is 127. The first-order chi connectivity index (χ1) is 14.5. The number of carbonyl (C=O) groups is 2. The van der Waals surface area contributed by atoms with Crippen molar-refractivity contribution in [2.45, 2.75) is 6.92 Å². The van der Waals surface area contributed by atoms with E-state index >= 15 is 0 Å². The van der Waals surface area contributed by atoms with E-state index in [0.29, 0.717) is 16.8 Å². The van der Waals surface area contributed by atoms with Crippen LogP contribution in [0.25, 0.3) is 6.08 Å². The number of carbonyl (C=O) groups excluding carboxylic acids is 2. The predicted molar refractivity (Wildman–Crippen MR) is 124 cm³/mol. The molecule has 0 aromatic heterocycles. The molecule has 0 heterocycles. The van der Waals surface area contributed by atoms with Gasteiger partial charge in [-0.05, 0) is 72.0 Å². The highest BCUT2D eigenvalue weighted by molar-refractivity contribution is 14.1. The number of hydrogen-bond donors (Lipinski definition) is 1. The number of hydrogen-bond acceptors (Lipinski definition) is 4. The van der Waals surface area contributed by atoms with Crippen LogP contribution in [0.5, 0.6) is 5.75 Å². The maximum atomic E-state index is 12.5. The molecule has 0 bridgehead atoms. The van der Waals surface area contributed by atoms with E-state index in [-0.39, 0.29) is 11.3 Å². The Labute approximate surface area is 188 Å². The van der Waals surface area contributed by atoms with Crippen molar-refractivity contribution in [3.8, 4) is 11.8 Å². The summed E-state index contributed by atoms with van der Waals surface area (Å²) in [5.41, 5.74) is 2.39. The van der Waals surface area contributed by atoms with Crippen LogP contribution >= 0.6 is 22.6 Å². The second-order valence-electron chi connectivity index (χ2n) is 6.43. The molecular weight excluding hydrogens is 491 g/mol. The molecule has 0 aliphatic heterocycles. The fourth-order valence-electron chi connectivity index (χ4n) is 2.61. The predicted octanol–water partition coefficient (Wildman–Crippen LogP) is 5.36. The van der Waals surface area contributed by atoms with Crippen LogP contribution in [0.15, 0.2) is 78.4 Å².